The van der Waals surface area contributed by atoms with E-state index in [2.05, 4.69) is 25.1 Å². The molecule has 0 radical (unpaired) electrons. The summed E-state index contributed by atoms with van der Waals surface area (Å²) in [6, 6.07) is 12.2. The van der Waals surface area contributed by atoms with Crippen molar-refractivity contribution >= 4 is 11.9 Å². The summed E-state index contributed by atoms with van der Waals surface area (Å²) in [5.41, 5.74) is 4.44. The number of fused-ring (bicyclic) bond motifs is 2. The molecule has 2 aliphatic heterocycles. The number of H-pyrrole nitrogens is 1. The van der Waals surface area contributed by atoms with E-state index in [-0.39, 0.29) is 18.0 Å². The molecule has 1 N–H and O–H groups in total. The van der Waals surface area contributed by atoms with Gasteiger partial charge in [-0.05, 0) is 44.9 Å². The summed E-state index contributed by atoms with van der Waals surface area (Å²) in [6.45, 7) is 5.41. The van der Waals surface area contributed by atoms with E-state index in [4.69, 9.17) is 0 Å². The van der Waals surface area contributed by atoms with Crippen LogP contribution in [0.4, 0.5) is 5.95 Å². The summed E-state index contributed by atoms with van der Waals surface area (Å²) in [7, 11) is 0. The SMILES string of the molecule is Cc1cc(C)nc(N2C3CCC2CN(C(=O)c2ccccc2-c2ccn[nH]2)C3)n1. The predicted octanol–water partition coefficient (Wildman–Crippen LogP) is 2.98. The smallest absolute Gasteiger partial charge is 0.254 e. The van der Waals surface area contributed by atoms with Gasteiger partial charge in [0.05, 0.1) is 5.69 Å². The van der Waals surface area contributed by atoms with Gasteiger partial charge in [0.2, 0.25) is 5.95 Å². The number of amides is 1. The number of anilines is 1. The normalized spacial score (nSPS) is 20.9. The minimum absolute atomic E-state index is 0.0769. The van der Waals surface area contributed by atoms with Gasteiger partial charge in [-0.25, -0.2) is 9.97 Å². The number of hydrogen-bond acceptors (Lipinski definition) is 5. The topological polar surface area (TPSA) is 78.0 Å². The van der Waals surface area contributed by atoms with E-state index in [9.17, 15) is 4.79 Å². The lowest BCUT2D eigenvalue weighted by Crippen LogP contribution is -2.56. The Kier molecular flexibility index (Phi) is 4.30. The second kappa shape index (κ2) is 6.99. The zero-order chi connectivity index (χ0) is 20.0. The molecule has 1 aromatic carbocycles. The highest BCUT2D eigenvalue weighted by Crippen LogP contribution is 2.34. The molecule has 2 saturated heterocycles. The summed E-state index contributed by atoms with van der Waals surface area (Å²) in [6.07, 6.45) is 3.83. The number of benzene rings is 1. The molecule has 1 amide bonds. The number of nitrogens with one attached hydrogen (secondary N) is 1. The number of likely N-dealkylation sites (tertiary alicyclic amines) is 1. The Bertz CT molecular complexity index is 1010. The van der Waals surface area contributed by atoms with Crippen molar-refractivity contribution in [1.82, 2.24) is 25.1 Å². The van der Waals surface area contributed by atoms with E-state index in [0.717, 1.165) is 41.4 Å². The largest absolute Gasteiger partial charge is 0.334 e. The molecule has 3 aromatic rings. The molecular formula is C22H24N6O. The number of carbonyl (C=O) groups is 1. The van der Waals surface area contributed by atoms with Crippen LogP contribution in [-0.2, 0) is 0 Å². The molecule has 2 fully saturated rings. The molecule has 2 bridgehead atoms. The molecule has 0 saturated carbocycles. The van der Waals surface area contributed by atoms with Crippen molar-refractivity contribution in [1.29, 1.82) is 0 Å². The van der Waals surface area contributed by atoms with Crippen LogP contribution in [0.2, 0.25) is 0 Å². The highest BCUT2D eigenvalue weighted by molar-refractivity contribution is 6.00. The third-order valence-corrected chi connectivity index (χ3v) is 5.92. The standard InChI is InChI=1S/C22H24N6O/c1-14-11-15(2)25-22(24-14)28-16-7-8-17(28)13-27(12-16)21(29)19-6-4-3-5-18(19)20-9-10-23-26-20/h3-6,9-11,16-17H,7-8,12-13H2,1-2H3,(H,23,26). The molecule has 5 rings (SSSR count). The lowest BCUT2D eigenvalue weighted by atomic mass is 10.0. The van der Waals surface area contributed by atoms with Crippen molar-refractivity contribution in [3.63, 3.8) is 0 Å². The number of aromatic amines is 1. The van der Waals surface area contributed by atoms with Gasteiger partial charge in [0.25, 0.3) is 5.91 Å². The first-order chi connectivity index (χ1) is 14.1. The lowest BCUT2D eigenvalue weighted by molar-refractivity contribution is 0.0717. The van der Waals surface area contributed by atoms with E-state index in [1.165, 1.54) is 0 Å². The van der Waals surface area contributed by atoms with Crippen LogP contribution in [0.25, 0.3) is 11.3 Å². The molecular weight excluding hydrogens is 364 g/mol. The van der Waals surface area contributed by atoms with Crippen LogP contribution in [0.15, 0.2) is 42.6 Å². The first-order valence-electron chi connectivity index (χ1n) is 10.1. The van der Waals surface area contributed by atoms with Gasteiger partial charge in [-0.15, -0.1) is 0 Å². The molecule has 7 heteroatoms. The lowest BCUT2D eigenvalue weighted by Gasteiger charge is -2.41. The van der Waals surface area contributed by atoms with Gasteiger partial charge in [-0.1, -0.05) is 18.2 Å². The Labute approximate surface area is 169 Å². The molecule has 29 heavy (non-hydrogen) atoms. The maximum atomic E-state index is 13.4. The molecule has 148 valence electrons. The number of aromatic nitrogens is 4. The first kappa shape index (κ1) is 17.8. The van der Waals surface area contributed by atoms with Crippen molar-refractivity contribution in [2.24, 2.45) is 0 Å². The van der Waals surface area contributed by atoms with Crippen molar-refractivity contribution in [2.45, 2.75) is 38.8 Å². The number of rotatable bonds is 3. The molecule has 0 spiro atoms. The number of hydrogen-bond donors (Lipinski definition) is 1. The van der Waals surface area contributed by atoms with Gasteiger partial charge in [0, 0.05) is 53.9 Å². The van der Waals surface area contributed by atoms with Gasteiger partial charge in [0.1, 0.15) is 0 Å². The highest BCUT2D eigenvalue weighted by Gasteiger charge is 2.43. The van der Waals surface area contributed by atoms with Crippen LogP contribution >= 0.6 is 0 Å². The maximum absolute atomic E-state index is 13.4. The molecule has 2 unspecified atom stereocenters. The number of piperazine rings is 1. The van der Waals surface area contributed by atoms with Gasteiger partial charge < -0.3 is 9.80 Å². The average molecular weight is 388 g/mol. The van der Waals surface area contributed by atoms with Crippen LogP contribution in [0.5, 0.6) is 0 Å². The number of nitrogens with zero attached hydrogens (tertiary/aromatic N) is 5. The third kappa shape index (κ3) is 3.16. The third-order valence-electron chi connectivity index (χ3n) is 5.92. The van der Waals surface area contributed by atoms with E-state index in [0.29, 0.717) is 18.7 Å². The Morgan fingerprint density at radius 2 is 1.72 bits per heavy atom. The van der Waals surface area contributed by atoms with Gasteiger partial charge in [-0.2, -0.15) is 5.10 Å². The Morgan fingerprint density at radius 3 is 2.38 bits per heavy atom. The van der Waals surface area contributed by atoms with E-state index < -0.39 is 0 Å². The fraction of sp³-hybridized carbons (Fsp3) is 0.364. The van der Waals surface area contributed by atoms with Crippen molar-refractivity contribution < 1.29 is 4.79 Å². The molecule has 7 nitrogen and oxygen atoms in total. The van der Waals surface area contributed by atoms with E-state index >= 15 is 0 Å². The summed E-state index contributed by atoms with van der Waals surface area (Å²) >= 11 is 0. The summed E-state index contributed by atoms with van der Waals surface area (Å²) in [5, 5.41) is 7.01. The van der Waals surface area contributed by atoms with Crippen LogP contribution in [-0.4, -0.2) is 56.1 Å². The van der Waals surface area contributed by atoms with Gasteiger partial charge in [0.15, 0.2) is 0 Å². The zero-order valence-corrected chi connectivity index (χ0v) is 16.7. The Hall–Kier alpha value is -3.22. The van der Waals surface area contributed by atoms with Crippen LogP contribution in [0.1, 0.15) is 34.6 Å². The number of aryl methyl sites for hydroxylation is 2. The summed E-state index contributed by atoms with van der Waals surface area (Å²) in [5.74, 6) is 0.882. The molecule has 4 heterocycles. The molecule has 2 aromatic heterocycles. The Morgan fingerprint density at radius 1 is 1.03 bits per heavy atom. The van der Waals surface area contributed by atoms with Crippen molar-refractivity contribution in [3.05, 3.63) is 59.5 Å². The quantitative estimate of drug-likeness (QED) is 0.746. The molecule has 2 atom stereocenters. The van der Waals surface area contributed by atoms with E-state index in [1.807, 2.05) is 55.1 Å². The van der Waals surface area contributed by atoms with Crippen molar-refractivity contribution in [2.75, 3.05) is 18.0 Å². The van der Waals surface area contributed by atoms with Crippen LogP contribution in [0.3, 0.4) is 0 Å². The first-order valence-corrected chi connectivity index (χ1v) is 10.1. The second-order valence-electron chi connectivity index (χ2n) is 7.97. The Balaban J connectivity index is 1.41. The second-order valence-corrected chi connectivity index (χ2v) is 7.97. The van der Waals surface area contributed by atoms with E-state index in [1.54, 1.807) is 6.20 Å². The minimum atomic E-state index is 0.0769. The molecule has 2 aliphatic rings. The maximum Gasteiger partial charge on any atom is 0.254 e. The predicted molar refractivity (Wildman–Crippen MR) is 111 cm³/mol. The number of carbonyl (C=O) groups excluding carboxylic acids is 1. The van der Waals surface area contributed by atoms with Gasteiger partial charge in [-0.3, -0.25) is 9.89 Å². The van der Waals surface area contributed by atoms with Gasteiger partial charge >= 0.3 is 0 Å². The fourth-order valence-corrected chi connectivity index (χ4v) is 4.70. The zero-order valence-electron chi connectivity index (χ0n) is 16.7. The summed E-state index contributed by atoms with van der Waals surface area (Å²) < 4.78 is 0. The summed E-state index contributed by atoms with van der Waals surface area (Å²) in [4.78, 5) is 27.1. The van der Waals surface area contributed by atoms with Crippen LogP contribution < -0.4 is 4.90 Å². The average Bonchev–Trinajstić information content (AvgIpc) is 3.33. The minimum Gasteiger partial charge on any atom is -0.334 e. The van der Waals surface area contributed by atoms with Crippen molar-refractivity contribution in [3.8, 4) is 11.3 Å². The highest BCUT2D eigenvalue weighted by atomic mass is 16.2. The fourth-order valence-electron chi connectivity index (χ4n) is 4.70. The van der Waals surface area contributed by atoms with Crippen LogP contribution in [0, 0.1) is 13.8 Å². The monoisotopic (exact) mass is 388 g/mol. The molecule has 0 aliphatic carbocycles.